The van der Waals surface area contributed by atoms with Crippen molar-refractivity contribution in [2.24, 2.45) is 0 Å². The summed E-state index contributed by atoms with van der Waals surface area (Å²) in [7, 11) is 0. The molecular weight excluding hydrogens is 216 g/mol. The monoisotopic (exact) mass is 238 g/mol. The molecule has 16 heavy (non-hydrogen) atoms. The smallest absolute Gasteiger partial charge is 0.122 e. The van der Waals surface area contributed by atoms with Gasteiger partial charge in [-0.3, -0.25) is 4.68 Å². The first-order chi connectivity index (χ1) is 7.76. The molecule has 1 fully saturated rings. The molecule has 0 amide bonds. The van der Waals surface area contributed by atoms with Crippen molar-refractivity contribution in [3.05, 3.63) is 16.4 Å². The first-order valence-corrected chi connectivity index (χ1v) is 6.98. The summed E-state index contributed by atoms with van der Waals surface area (Å²) < 4.78 is 3.18. The zero-order valence-electron chi connectivity index (χ0n) is 10.3. The number of aromatic amines is 1. The molecule has 1 N–H and O–H groups in total. The Balaban J connectivity index is 2.23. The van der Waals surface area contributed by atoms with Gasteiger partial charge in [0.05, 0.1) is 6.04 Å². The fourth-order valence-electron chi connectivity index (χ4n) is 2.80. The van der Waals surface area contributed by atoms with Gasteiger partial charge in [0.25, 0.3) is 0 Å². The minimum absolute atomic E-state index is 0.544. The Hall–Kier alpha value is -0.570. The second-order valence-electron chi connectivity index (χ2n) is 4.87. The Labute approximate surface area is 103 Å². The number of rotatable bonds is 4. The summed E-state index contributed by atoms with van der Waals surface area (Å²) in [6, 6.07) is 2.73. The van der Waals surface area contributed by atoms with Gasteiger partial charge in [-0.15, -0.1) is 0 Å². The van der Waals surface area contributed by atoms with Crippen molar-refractivity contribution in [1.82, 2.24) is 9.78 Å². The Morgan fingerprint density at radius 1 is 1.38 bits per heavy atom. The van der Waals surface area contributed by atoms with Crippen LogP contribution in [0.2, 0.25) is 0 Å². The van der Waals surface area contributed by atoms with E-state index in [1.165, 1.54) is 31.4 Å². The highest BCUT2D eigenvalue weighted by Gasteiger charge is 2.20. The van der Waals surface area contributed by atoms with E-state index < -0.39 is 0 Å². The summed E-state index contributed by atoms with van der Waals surface area (Å²) >= 11 is 5.45. The van der Waals surface area contributed by atoms with Gasteiger partial charge in [-0.2, -0.15) is 0 Å². The first kappa shape index (κ1) is 11.9. The number of nitrogens with zero attached hydrogens (tertiary/aromatic N) is 1. The molecule has 0 saturated heterocycles. The summed E-state index contributed by atoms with van der Waals surface area (Å²) in [5.74, 6) is 0.734. The highest BCUT2D eigenvalue weighted by molar-refractivity contribution is 7.71. The highest BCUT2D eigenvalue weighted by atomic mass is 32.1. The van der Waals surface area contributed by atoms with Gasteiger partial charge in [0.1, 0.15) is 4.64 Å². The average Bonchev–Trinajstić information content (AvgIpc) is 2.90. The normalized spacial score (nSPS) is 17.4. The maximum Gasteiger partial charge on any atom is 0.122 e. The standard InChI is InChI=1S/C13H22N2S/c1-3-11(4-2)15-13(16)9-12(14-15)10-7-5-6-8-10/h9-11,14H,3-8H2,1-2H3. The van der Waals surface area contributed by atoms with Crippen molar-refractivity contribution in [3.63, 3.8) is 0 Å². The number of aromatic nitrogens is 2. The Bertz CT molecular complexity index is 381. The van der Waals surface area contributed by atoms with E-state index in [-0.39, 0.29) is 0 Å². The van der Waals surface area contributed by atoms with Gasteiger partial charge in [-0.1, -0.05) is 38.9 Å². The van der Waals surface area contributed by atoms with Crippen LogP contribution in [-0.2, 0) is 0 Å². The van der Waals surface area contributed by atoms with Crippen LogP contribution >= 0.6 is 12.2 Å². The molecule has 90 valence electrons. The lowest BCUT2D eigenvalue weighted by Gasteiger charge is -2.15. The van der Waals surface area contributed by atoms with Crippen LogP contribution in [0, 0.1) is 4.64 Å². The van der Waals surface area contributed by atoms with E-state index in [4.69, 9.17) is 12.2 Å². The van der Waals surface area contributed by atoms with Gasteiger partial charge in [0.2, 0.25) is 0 Å². The van der Waals surface area contributed by atoms with Crippen molar-refractivity contribution < 1.29 is 0 Å². The lowest BCUT2D eigenvalue weighted by Crippen LogP contribution is -2.09. The largest absolute Gasteiger partial charge is 0.301 e. The van der Waals surface area contributed by atoms with E-state index >= 15 is 0 Å². The zero-order chi connectivity index (χ0) is 11.5. The van der Waals surface area contributed by atoms with E-state index in [0.717, 1.165) is 23.4 Å². The highest BCUT2D eigenvalue weighted by Crippen LogP contribution is 2.33. The predicted molar refractivity (Wildman–Crippen MR) is 70.4 cm³/mol. The summed E-state index contributed by atoms with van der Waals surface area (Å²) in [6.45, 7) is 4.46. The van der Waals surface area contributed by atoms with Crippen LogP contribution < -0.4 is 0 Å². The van der Waals surface area contributed by atoms with Crippen LogP contribution in [0.5, 0.6) is 0 Å². The number of hydrogen-bond donors (Lipinski definition) is 1. The molecule has 0 aromatic carbocycles. The Morgan fingerprint density at radius 2 is 2.00 bits per heavy atom. The van der Waals surface area contributed by atoms with E-state index in [1.54, 1.807) is 0 Å². The quantitative estimate of drug-likeness (QED) is 0.762. The lowest BCUT2D eigenvalue weighted by atomic mass is 10.1. The van der Waals surface area contributed by atoms with E-state index in [0.29, 0.717) is 6.04 Å². The fraction of sp³-hybridized carbons (Fsp3) is 0.769. The van der Waals surface area contributed by atoms with E-state index in [2.05, 4.69) is 29.7 Å². The maximum absolute atomic E-state index is 5.45. The Kier molecular flexibility index (Phi) is 3.85. The van der Waals surface area contributed by atoms with Gasteiger partial charge < -0.3 is 5.10 Å². The van der Waals surface area contributed by atoms with Crippen molar-refractivity contribution >= 4 is 12.2 Å². The van der Waals surface area contributed by atoms with Crippen molar-refractivity contribution in [3.8, 4) is 0 Å². The third-order valence-corrected chi connectivity index (χ3v) is 4.18. The molecule has 1 aliphatic carbocycles. The third-order valence-electron chi connectivity index (χ3n) is 3.87. The average molecular weight is 238 g/mol. The van der Waals surface area contributed by atoms with Crippen LogP contribution in [0.3, 0.4) is 0 Å². The summed E-state index contributed by atoms with van der Waals surface area (Å²) in [4.78, 5) is 0. The molecule has 1 heterocycles. The number of hydrogen-bond acceptors (Lipinski definition) is 1. The molecule has 0 radical (unpaired) electrons. The molecule has 0 bridgehead atoms. The molecule has 2 rings (SSSR count). The summed E-state index contributed by atoms with van der Waals surface area (Å²) in [6.07, 6.45) is 7.71. The van der Waals surface area contributed by atoms with Crippen LogP contribution in [-0.4, -0.2) is 9.78 Å². The number of nitrogens with one attached hydrogen (secondary N) is 1. The molecule has 1 saturated carbocycles. The van der Waals surface area contributed by atoms with Crippen LogP contribution in [0.4, 0.5) is 0 Å². The van der Waals surface area contributed by atoms with Gasteiger partial charge >= 0.3 is 0 Å². The SMILES string of the molecule is CCC(CC)n1[nH]c(C2CCCC2)cc1=S. The van der Waals surface area contributed by atoms with Crippen molar-refractivity contribution in [2.75, 3.05) is 0 Å². The van der Waals surface area contributed by atoms with Crippen LogP contribution in [0.25, 0.3) is 0 Å². The summed E-state index contributed by atoms with van der Waals surface area (Å²) in [5, 5.41) is 3.54. The first-order valence-electron chi connectivity index (χ1n) is 6.57. The molecular formula is C13H22N2S. The molecule has 1 aromatic heterocycles. The minimum Gasteiger partial charge on any atom is -0.301 e. The van der Waals surface area contributed by atoms with E-state index in [9.17, 15) is 0 Å². The van der Waals surface area contributed by atoms with Crippen molar-refractivity contribution in [1.29, 1.82) is 0 Å². The summed E-state index contributed by atoms with van der Waals surface area (Å²) in [5.41, 5.74) is 1.37. The molecule has 1 aliphatic rings. The van der Waals surface area contributed by atoms with Crippen LogP contribution in [0.1, 0.15) is 70.0 Å². The van der Waals surface area contributed by atoms with Gasteiger partial charge in [0, 0.05) is 11.6 Å². The van der Waals surface area contributed by atoms with Gasteiger partial charge in [0.15, 0.2) is 0 Å². The maximum atomic E-state index is 5.45. The number of H-pyrrole nitrogens is 1. The molecule has 0 atom stereocenters. The fourth-order valence-corrected chi connectivity index (χ4v) is 3.12. The molecule has 3 heteroatoms. The molecule has 2 nitrogen and oxygen atoms in total. The lowest BCUT2D eigenvalue weighted by molar-refractivity contribution is 0.418. The van der Waals surface area contributed by atoms with Gasteiger partial charge in [-0.25, -0.2) is 0 Å². The van der Waals surface area contributed by atoms with Crippen LogP contribution in [0.15, 0.2) is 6.07 Å². The Morgan fingerprint density at radius 3 is 2.56 bits per heavy atom. The minimum atomic E-state index is 0.544. The molecule has 1 aromatic rings. The third kappa shape index (κ3) is 2.24. The second kappa shape index (κ2) is 5.17. The predicted octanol–water partition coefficient (Wildman–Crippen LogP) is 4.56. The van der Waals surface area contributed by atoms with E-state index in [1.807, 2.05) is 0 Å². The van der Waals surface area contributed by atoms with Gasteiger partial charge in [-0.05, 0) is 31.7 Å². The zero-order valence-corrected chi connectivity index (χ0v) is 11.1. The van der Waals surface area contributed by atoms with Crippen molar-refractivity contribution in [2.45, 2.75) is 64.3 Å². The topological polar surface area (TPSA) is 20.7 Å². The molecule has 0 spiro atoms. The second-order valence-corrected chi connectivity index (χ2v) is 5.29. The molecule has 0 aliphatic heterocycles. The molecule has 0 unspecified atom stereocenters.